The standard InChI is InChI=1S/C39H44N8O15/c1-2-17-47(19-20-3-8-24-23(18-20)34(54)46-39(40)45-24)22-6-4-21(5-7-22)33(53)44-28(38(61)62)11-15-31(50)42-26(36(57)58)9-13-29(48)41-25(35(55)56)10-14-30(49)43-27(37(59)60)12-16-32(51)52/h1,3-8,18,25-28H,9-17,19H2,(H,41,48)(H,42,50)(H,43,49)(H,44,53)(H,51,52)(H,55,56)(H,57,58)(H,59,60)(H,61,62)(H3,40,45,46,54)/t25-,26-,27-,28-/m0/s1. The summed E-state index contributed by atoms with van der Waals surface area (Å²) in [6.45, 7) is 0.409. The van der Waals surface area contributed by atoms with Crippen LogP contribution >= 0.6 is 0 Å². The fourth-order valence-electron chi connectivity index (χ4n) is 5.86. The monoisotopic (exact) mass is 864 g/mol. The number of H-pyrrole nitrogens is 1. The van der Waals surface area contributed by atoms with Gasteiger partial charge in [-0.2, -0.15) is 0 Å². The van der Waals surface area contributed by atoms with E-state index in [4.69, 9.17) is 17.3 Å². The van der Waals surface area contributed by atoms with Gasteiger partial charge in [0, 0.05) is 43.5 Å². The number of nitrogen functional groups attached to an aromatic ring is 1. The van der Waals surface area contributed by atoms with Crippen LogP contribution in [0.4, 0.5) is 11.6 Å². The predicted octanol–water partition coefficient (Wildman–Crippen LogP) is -0.758. The van der Waals surface area contributed by atoms with Crippen LogP contribution in [0.15, 0.2) is 47.3 Å². The number of amides is 4. The maximum Gasteiger partial charge on any atom is 0.326 e. The third kappa shape index (κ3) is 15.3. The summed E-state index contributed by atoms with van der Waals surface area (Å²) in [5.74, 6) is -8.57. The number of anilines is 2. The molecule has 0 aliphatic heterocycles. The second-order valence-corrected chi connectivity index (χ2v) is 13.7. The normalized spacial score (nSPS) is 12.6. The number of fused-ring (bicyclic) bond motifs is 1. The van der Waals surface area contributed by atoms with Gasteiger partial charge in [0.2, 0.25) is 23.7 Å². The van der Waals surface area contributed by atoms with Gasteiger partial charge in [0.05, 0.1) is 17.4 Å². The van der Waals surface area contributed by atoms with Gasteiger partial charge in [-0.15, -0.1) is 6.42 Å². The van der Waals surface area contributed by atoms with Crippen LogP contribution in [0, 0.1) is 12.3 Å². The average molecular weight is 865 g/mol. The SMILES string of the molecule is C#CCN(Cc1ccc2nc(N)[nH]c(=O)c2c1)c1ccc(C(=O)N[C@@H](CCC(=O)N[C@@H](CCC(=O)N[C@@H](CCC(=O)N[C@@H](CCC(=O)O)C(=O)O)C(=O)O)C(=O)O)C(=O)O)cc1. The molecule has 0 saturated carbocycles. The molecule has 3 aromatic rings. The highest BCUT2D eigenvalue weighted by molar-refractivity contribution is 5.97. The fourth-order valence-corrected chi connectivity index (χ4v) is 5.86. The van der Waals surface area contributed by atoms with Gasteiger partial charge >= 0.3 is 29.8 Å². The number of benzene rings is 2. The van der Waals surface area contributed by atoms with Gasteiger partial charge in [0.15, 0.2) is 0 Å². The molecule has 0 aliphatic rings. The van der Waals surface area contributed by atoms with Gasteiger partial charge in [0.1, 0.15) is 24.2 Å². The summed E-state index contributed by atoms with van der Waals surface area (Å²) in [4.78, 5) is 129. The molecule has 12 N–H and O–H groups in total. The zero-order valence-electron chi connectivity index (χ0n) is 32.8. The van der Waals surface area contributed by atoms with Crippen LogP contribution in [-0.4, -0.2) is 120 Å². The summed E-state index contributed by atoms with van der Waals surface area (Å²) in [7, 11) is 0. The molecule has 2 aromatic carbocycles. The molecule has 1 aromatic heterocycles. The lowest BCUT2D eigenvalue weighted by Crippen LogP contribution is -2.45. The molecule has 4 amide bonds. The molecule has 0 saturated heterocycles. The Labute approximate surface area is 351 Å². The summed E-state index contributed by atoms with van der Waals surface area (Å²) >= 11 is 0. The van der Waals surface area contributed by atoms with Crippen molar-refractivity contribution in [1.29, 1.82) is 0 Å². The number of terminal acetylenes is 1. The van der Waals surface area contributed by atoms with Gasteiger partial charge < -0.3 is 57.4 Å². The van der Waals surface area contributed by atoms with Crippen LogP contribution in [0.3, 0.4) is 0 Å². The van der Waals surface area contributed by atoms with Crippen molar-refractivity contribution >= 4 is 76.0 Å². The molecule has 0 aliphatic carbocycles. The van der Waals surface area contributed by atoms with E-state index in [0.717, 1.165) is 5.56 Å². The number of hydrogen-bond donors (Lipinski definition) is 11. The molecule has 23 heteroatoms. The molecule has 0 bridgehead atoms. The average Bonchev–Trinajstić information content (AvgIpc) is 3.20. The largest absolute Gasteiger partial charge is 0.481 e. The van der Waals surface area contributed by atoms with Crippen molar-refractivity contribution in [1.82, 2.24) is 31.2 Å². The minimum absolute atomic E-state index is 0.0238. The molecule has 0 radical (unpaired) electrons. The minimum Gasteiger partial charge on any atom is -0.481 e. The first-order valence-electron chi connectivity index (χ1n) is 18.7. The van der Waals surface area contributed by atoms with E-state index in [9.17, 15) is 68.4 Å². The van der Waals surface area contributed by atoms with Gasteiger partial charge in [-0.3, -0.25) is 33.8 Å². The highest BCUT2D eigenvalue weighted by Gasteiger charge is 2.27. The first-order chi connectivity index (χ1) is 29.3. The van der Waals surface area contributed by atoms with Crippen molar-refractivity contribution in [3.05, 3.63) is 63.9 Å². The molecular weight excluding hydrogens is 820 g/mol. The second-order valence-electron chi connectivity index (χ2n) is 13.7. The molecule has 3 rings (SSSR count). The number of nitrogens with two attached hydrogens (primary N) is 1. The third-order valence-electron chi connectivity index (χ3n) is 9.07. The number of aromatic nitrogens is 2. The third-order valence-corrected chi connectivity index (χ3v) is 9.07. The van der Waals surface area contributed by atoms with E-state index in [2.05, 4.69) is 37.2 Å². The van der Waals surface area contributed by atoms with Crippen molar-refractivity contribution in [2.24, 2.45) is 0 Å². The maximum absolute atomic E-state index is 13.0. The molecule has 4 atom stereocenters. The Morgan fingerprint density at radius 3 is 1.56 bits per heavy atom. The van der Waals surface area contributed by atoms with Crippen molar-refractivity contribution in [3.63, 3.8) is 0 Å². The smallest absolute Gasteiger partial charge is 0.326 e. The number of carboxylic acid groups (broad SMARTS) is 5. The van der Waals surface area contributed by atoms with E-state index >= 15 is 0 Å². The number of carbonyl (C=O) groups excluding carboxylic acids is 4. The van der Waals surface area contributed by atoms with Crippen LogP contribution in [0.5, 0.6) is 0 Å². The lowest BCUT2D eigenvalue weighted by atomic mass is 10.1. The van der Waals surface area contributed by atoms with Crippen LogP contribution in [0.1, 0.15) is 67.3 Å². The summed E-state index contributed by atoms with van der Waals surface area (Å²) < 4.78 is 0. The lowest BCUT2D eigenvalue weighted by Gasteiger charge is -2.23. The molecular formula is C39H44N8O15. The number of rotatable bonds is 25. The maximum atomic E-state index is 13.0. The number of carboxylic acids is 5. The van der Waals surface area contributed by atoms with Crippen molar-refractivity contribution < 1.29 is 68.7 Å². The quantitative estimate of drug-likeness (QED) is 0.0466. The van der Waals surface area contributed by atoms with Crippen LogP contribution in [-0.2, 0) is 44.9 Å². The van der Waals surface area contributed by atoms with E-state index in [1.807, 2.05) is 0 Å². The Hall–Kier alpha value is -8.03. The number of hydrogen-bond acceptors (Lipinski definition) is 13. The lowest BCUT2D eigenvalue weighted by molar-refractivity contribution is -0.144. The topological polar surface area (TPSA) is 378 Å². The molecule has 330 valence electrons. The molecule has 0 fully saturated rings. The molecule has 1 heterocycles. The van der Waals surface area contributed by atoms with E-state index in [-0.39, 0.29) is 24.6 Å². The van der Waals surface area contributed by atoms with Gasteiger partial charge in [0.25, 0.3) is 11.5 Å². The Kier molecular flexibility index (Phi) is 17.9. The summed E-state index contributed by atoms with van der Waals surface area (Å²) in [5.41, 5.74) is 6.97. The predicted molar refractivity (Wildman–Crippen MR) is 215 cm³/mol. The van der Waals surface area contributed by atoms with Gasteiger partial charge in [-0.25, -0.2) is 24.2 Å². The van der Waals surface area contributed by atoms with Crippen LogP contribution < -0.4 is 37.5 Å². The van der Waals surface area contributed by atoms with E-state index in [0.29, 0.717) is 16.6 Å². The summed E-state index contributed by atoms with van der Waals surface area (Å²) in [5, 5.41) is 55.7. The number of carbonyl (C=O) groups is 9. The van der Waals surface area contributed by atoms with Crippen molar-refractivity contribution in [3.8, 4) is 12.3 Å². The summed E-state index contributed by atoms with van der Waals surface area (Å²) in [6.07, 6.45) is 1.31. The number of nitrogens with one attached hydrogen (secondary N) is 5. The Bertz CT molecular complexity index is 2290. The van der Waals surface area contributed by atoms with E-state index in [1.54, 1.807) is 35.2 Å². The van der Waals surface area contributed by atoms with Gasteiger partial charge in [-0.05, 0) is 67.6 Å². The van der Waals surface area contributed by atoms with E-state index in [1.165, 1.54) is 12.1 Å². The zero-order chi connectivity index (χ0) is 46.1. The highest BCUT2D eigenvalue weighted by Crippen LogP contribution is 2.20. The minimum atomic E-state index is -1.67. The first-order valence-corrected chi connectivity index (χ1v) is 18.7. The Morgan fingerprint density at radius 2 is 1.13 bits per heavy atom. The Morgan fingerprint density at radius 1 is 0.677 bits per heavy atom. The summed E-state index contributed by atoms with van der Waals surface area (Å²) in [6, 6.07) is 4.56. The first kappa shape index (κ1) is 48.3. The second kappa shape index (κ2) is 22.9. The van der Waals surface area contributed by atoms with Crippen LogP contribution in [0.2, 0.25) is 0 Å². The molecule has 62 heavy (non-hydrogen) atoms. The molecule has 23 nitrogen and oxygen atoms in total. The molecule has 0 unspecified atom stereocenters. The number of nitrogens with zero attached hydrogens (tertiary/aromatic N) is 2. The highest BCUT2D eigenvalue weighted by atomic mass is 16.4. The molecule has 0 spiro atoms. The fraction of sp³-hybridized carbons (Fsp3) is 0.359. The zero-order valence-corrected chi connectivity index (χ0v) is 32.8. The van der Waals surface area contributed by atoms with E-state index < -0.39 is 135 Å². The van der Waals surface area contributed by atoms with Crippen LogP contribution in [0.25, 0.3) is 10.9 Å². The van der Waals surface area contributed by atoms with Crippen molar-refractivity contribution in [2.75, 3.05) is 17.2 Å². The van der Waals surface area contributed by atoms with Crippen molar-refractivity contribution in [2.45, 2.75) is 82.1 Å². The Balaban J connectivity index is 1.52. The van der Waals surface area contributed by atoms with Gasteiger partial charge in [-0.1, -0.05) is 12.0 Å². The number of aliphatic carboxylic acids is 5. The number of aromatic amines is 1.